The summed E-state index contributed by atoms with van der Waals surface area (Å²) in [5.74, 6) is 1.11. The molecule has 1 saturated carbocycles. The normalized spacial score (nSPS) is 21.1. The molecular formula is C30H32N2O4. The van der Waals surface area contributed by atoms with Crippen LogP contribution in [0.4, 0.5) is 10.5 Å². The zero-order valence-electron chi connectivity index (χ0n) is 20.8. The van der Waals surface area contributed by atoms with Gasteiger partial charge in [0.2, 0.25) is 0 Å². The average molecular weight is 485 g/mol. The first-order valence-electron chi connectivity index (χ1n) is 12.5. The van der Waals surface area contributed by atoms with Gasteiger partial charge in [0.25, 0.3) is 0 Å². The summed E-state index contributed by atoms with van der Waals surface area (Å²) >= 11 is 0. The van der Waals surface area contributed by atoms with Crippen molar-refractivity contribution in [3.8, 4) is 5.75 Å². The molecule has 5 rings (SSSR count). The van der Waals surface area contributed by atoms with Crippen LogP contribution in [-0.4, -0.2) is 50.1 Å². The highest BCUT2D eigenvalue weighted by molar-refractivity contribution is 6.13. The summed E-state index contributed by atoms with van der Waals surface area (Å²) in [5, 5.41) is 0. The quantitative estimate of drug-likeness (QED) is 0.420. The van der Waals surface area contributed by atoms with Crippen LogP contribution in [0.2, 0.25) is 0 Å². The zero-order valence-corrected chi connectivity index (χ0v) is 20.8. The largest absolute Gasteiger partial charge is 0.497 e. The Morgan fingerprint density at radius 1 is 0.917 bits per heavy atom. The number of piperidine rings is 1. The van der Waals surface area contributed by atoms with E-state index in [0.717, 1.165) is 32.5 Å². The van der Waals surface area contributed by atoms with E-state index >= 15 is 0 Å². The Morgan fingerprint density at radius 3 is 2.33 bits per heavy atom. The number of rotatable bonds is 7. The van der Waals surface area contributed by atoms with Crippen LogP contribution in [0, 0.1) is 11.8 Å². The third-order valence-corrected chi connectivity index (χ3v) is 7.42. The highest BCUT2D eigenvalue weighted by Crippen LogP contribution is 2.40. The number of methoxy groups -OCH3 is 1. The number of hydrogen-bond donors (Lipinski definition) is 0. The van der Waals surface area contributed by atoms with E-state index < -0.39 is 6.09 Å². The molecular weight excluding hydrogens is 452 g/mol. The number of benzene rings is 3. The fraction of sp³-hybridized carbons (Fsp3) is 0.333. The van der Waals surface area contributed by atoms with Gasteiger partial charge in [0, 0.05) is 49.6 Å². The average Bonchev–Trinajstić information content (AvgIpc) is 3.15. The summed E-state index contributed by atoms with van der Waals surface area (Å²) in [6, 6.07) is 24.7. The number of carbonyl (C=O) groups is 2. The molecule has 1 amide bonds. The van der Waals surface area contributed by atoms with Crippen LogP contribution in [0.3, 0.4) is 0 Å². The SMILES string of the molecule is COc1cccc(C(=O)c2ccccc2N(C)C(=O)OC2C3CCC2CN(Cc2ccccc2)C3)c1. The Kier molecular flexibility index (Phi) is 7.05. The van der Waals surface area contributed by atoms with Gasteiger partial charge in [-0.05, 0) is 42.7 Å². The number of ketones is 1. The van der Waals surface area contributed by atoms with Crippen LogP contribution < -0.4 is 9.64 Å². The first-order valence-corrected chi connectivity index (χ1v) is 12.5. The van der Waals surface area contributed by atoms with Crippen molar-refractivity contribution in [2.45, 2.75) is 25.5 Å². The minimum atomic E-state index is -0.417. The van der Waals surface area contributed by atoms with E-state index in [1.54, 1.807) is 56.6 Å². The van der Waals surface area contributed by atoms with Gasteiger partial charge in [0.1, 0.15) is 11.9 Å². The summed E-state index contributed by atoms with van der Waals surface area (Å²) in [6.07, 6.45) is 1.64. The van der Waals surface area contributed by atoms with Crippen molar-refractivity contribution in [1.82, 2.24) is 4.90 Å². The van der Waals surface area contributed by atoms with Crippen molar-refractivity contribution in [2.24, 2.45) is 11.8 Å². The van der Waals surface area contributed by atoms with E-state index in [-0.39, 0.29) is 11.9 Å². The molecule has 3 aromatic rings. The van der Waals surface area contributed by atoms with Crippen LogP contribution in [0.1, 0.15) is 34.3 Å². The monoisotopic (exact) mass is 484 g/mol. The van der Waals surface area contributed by atoms with Crippen molar-refractivity contribution in [1.29, 1.82) is 0 Å². The van der Waals surface area contributed by atoms with Crippen molar-refractivity contribution in [3.05, 3.63) is 95.6 Å². The number of ether oxygens (including phenoxy) is 2. The van der Waals surface area contributed by atoms with Gasteiger partial charge in [-0.3, -0.25) is 14.6 Å². The van der Waals surface area contributed by atoms with Gasteiger partial charge >= 0.3 is 6.09 Å². The molecule has 2 unspecified atom stereocenters. The Hall–Kier alpha value is -3.64. The molecule has 0 N–H and O–H groups in total. The summed E-state index contributed by atoms with van der Waals surface area (Å²) in [7, 11) is 3.24. The zero-order chi connectivity index (χ0) is 25.1. The fourth-order valence-corrected chi connectivity index (χ4v) is 5.60. The van der Waals surface area contributed by atoms with Crippen molar-refractivity contribution >= 4 is 17.6 Å². The smallest absolute Gasteiger partial charge is 0.414 e. The van der Waals surface area contributed by atoms with Gasteiger partial charge in [-0.2, -0.15) is 0 Å². The molecule has 6 nitrogen and oxygen atoms in total. The molecule has 186 valence electrons. The lowest BCUT2D eigenvalue weighted by Crippen LogP contribution is -2.47. The lowest BCUT2D eigenvalue weighted by molar-refractivity contribution is 0.000487. The first kappa shape index (κ1) is 24.1. The number of hydrogen-bond acceptors (Lipinski definition) is 5. The van der Waals surface area contributed by atoms with Crippen LogP contribution in [0.15, 0.2) is 78.9 Å². The minimum absolute atomic E-state index is 0.0896. The van der Waals surface area contributed by atoms with E-state index in [1.807, 2.05) is 12.1 Å². The van der Waals surface area contributed by atoms with Crippen LogP contribution >= 0.6 is 0 Å². The predicted molar refractivity (Wildman–Crippen MR) is 139 cm³/mol. The highest BCUT2D eigenvalue weighted by Gasteiger charge is 2.44. The van der Waals surface area contributed by atoms with Gasteiger partial charge in [0.05, 0.1) is 12.8 Å². The van der Waals surface area contributed by atoms with Gasteiger partial charge < -0.3 is 9.47 Å². The van der Waals surface area contributed by atoms with Gasteiger partial charge in [-0.1, -0.05) is 54.6 Å². The lowest BCUT2D eigenvalue weighted by atomic mass is 9.94. The van der Waals surface area contributed by atoms with Crippen molar-refractivity contribution in [3.63, 3.8) is 0 Å². The number of fused-ring (bicyclic) bond motifs is 2. The summed E-state index contributed by atoms with van der Waals surface area (Å²) in [5.41, 5.74) is 2.80. The molecule has 0 aromatic heterocycles. The number of likely N-dealkylation sites (tertiary alicyclic amines) is 1. The number of carbonyl (C=O) groups excluding carboxylic acids is 2. The topological polar surface area (TPSA) is 59.1 Å². The summed E-state index contributed by atoms with van der Waals surface area (Å²) in [4.78, 5) is 30.5. The number of amides is 1. The molecule has 36 heavy (non-hydrogen) atoms. The number of para-hydroxylation sites is 1. The third kappa shape index (κ3) is 5.00. The predicted octanol–water partition coefficient (Wildman–Crippen LogP) is 5.41. The Labute approximate surface area is 212 Å². The fourth-order valence-electron chi connectivity index (χ4n) is 5.60. The molecule has 0 radical (unpaired) electrons. The molecule has 2 aliphatic rings. The molecule has 1 saturated heterocycles. The standard InChI is InChI=1S/C30H32N2O4/c1-31(27-14-7-6-13-26(27)28(33)22-11-8-12-25(17-22)35-2)30(34)36-29-23-15-16-24(29)20-32(19-23)18-21-9-4-3-5-10-21/h3-14,17,23-24,29H,15-16,18-20H2,1-2H3. The molecule has 1 aliphatic heterocycles. The second kappa shape index (κ2) is 10.5. The Bertz CT molecular complexity index is 1210. The van der Waals surface area contributed by atoms with E-state index in [9.17, 15) is 9.59 Å². The molecule has 1 heterocycles. The Morgan fingerprint density at radius 2 is 1.61 bits per heavy atom. The van der Waals surface area contributed by atoms with E-state index in [4.69, 9.17) is 9.47 Å². The highest BCUT2D eigenvalue weighted by atomic mass is 16.6. The maximum absolute atomic E-state index is 13.3. The first-order chi connectivity index (χ1) is 17.5. The van der Waals surface area contributed by atoms with Crippen molar-refractivity contribution < 1.29 is 19.1 Å². The number of anilines is 1. The van der Waals surface area contributed by atoms with E-state index in [1.165, 1.54) is 10.5 Å². The number of nitrogens with zero attached hydrogens (tertiary/aromatic N) is 2. The summed E-state index contributed by atoms with van der Waals surface area (Å²) in [6.45, 7) is 2.78. The van der Waals surface area contributed by atoms with Gasteiger partial charge in [-0.15, -0.1) is 0 Å². The molecule has 0 spiro atoms. The maximum Gasteiger partial charge on any atom is 0.414 e. The third-order valence-electron chi connectivity index (χ3n) is 7.42. The van der Waals surface area contributed by atoms with Gasteiger partial charge in [0.15, 0.2) is 5.78 Å². The Balaban J connectivity index is 1.27. The molecule has 2 bridgehead atoms. The lowest BCUT2D eigenvalue weighted by Gasteiger charge is -2.38. The van der Waals surface area contributed by atoms with Crippen LogP contribution in [0.25, 0.3) is 0 Å². The second-order valence-electron chi connectivity index (χ2n) is 9.76. The molecule has 1 aliphatic carbocycles. The molecule has 2 atom stereocenters. The minimum Gasteiger partial charge on any atom is -0.497 e. The molecule has 3 aromatic carbocycles. The second-order valence-corrected chi connectivity index (χ2v) is 9.76. The molecule has 6 heteroatoms. The molecule has 2 fully saturated rings. The van der Waals surface area contributed by atoms with E-state index in [2.05, 4.69) is 29.2 Å². The van der Waals surface area contributed by atoms with Gasteiger partial charge in [-0.25, -0.2) is 4.79 Å². The van der Waals surface area contributed by atoms with Crippen molar-refractivity contribution in [2.75, 3.05) is 32.1 Å². The summed E-state index contributed by atoms with van der Waals surface area (Å²) < 4.78 is 11.4. The maximum atomic E-state index is 13.3. The van der Waals surface area contributed by atoms with Crippen LogP contribution in [-0.2, 0) is 11.3 Å². The van der Waals surface area contributed by atoms with E-state index in [0.29, 0.717) is 34.4 Å². The van der Waals surface area contributed by atoms with Crippen LogP contribution in [0.5, 0.6) is 5.75 Å².